The summed E-state index contributed by atoms with van der Waals surface area (Å²) in [5.41, 5.74) is 1.54. The monoisotopic (exact) mass is 327 g/mol. The lowest BCUT2D eigenvalue weighted by molar-refractivity contribution is 0.102. The van der Waals surface area contributed by atoms with Crippen LogP contribution in [0.4, 0.5) is 5.69 Å². The number of carbonyl (C=O) groups excluding carboxylic acids is 1. The predicted molar refractivity (Wildman–Crippen MR) is 92.6 cm³/mol. The minimum Gasteiger partial charge on any atom is -0.322 e. The molecule has 1 aromatic carbocycles. The van der Waals surface area contributed by atoms with E-state index in [1.807, 2.05) is 31.2 Å². The summed E-state index contributed by atoms with van der Waals surface area (Å²) in [7, 11) is 0. The van der Waals surface area contributed by atoms with E-state index in [4.69, 9.17) is 0 Å². The van der Waals surface area contributed by atoms with E-state index in [0.29, 0.717) is 16.6 Å². The SMILES string of the molecule is Cc1cn2c(=O)c(C(=O)Nc3ccc(C(C)C)cc3)cnc2s1. The third-order valence-corrected chi connectivity index (χ3v) is 4.51. The van der Waals surface area contributed by atoms with E-state index in [2.05, 4.69) is 24.1 Å². The number of hydrogen-bond donors (Lipinski definition) is 1. The van der Waals surface area contributed by atoms with Crippen LogP contribution in [-0.2, 0) is 0 Å². The number of anilines is 1. The number of nitrogens with zero attached hydrogens (tertiary/aromatic N) is 2. The summed E-state index contributed by atoms with van der Waals surface area (Å²) in [6.45, 7) is 6.12. The van der Waals surface area contributed by atoms with Gasteiger partial charge in [0, 0.05) is 23.0 Å². The number of amides is 1. The van der Waals surface area contributed by atoms with Crippen molar-refractivity contribution in [3.63, 3.8) is 0 Å². The van der Waals surface area contributed by atoms with E-state index in [9.17, 15) is 9.59 Å². The standard InChI is InChI=1S/C17H17N3O2S/c1-10(2)12-4-6-13(7-5-12)19-15(21)14-8-18-17-20(16(14)22)9-11(3)23-17/h4-10H,1-3H3,(H,19,21). The molecule has 0 fully saturated rings. The fourth-order valence-corrected chi connectivity index (χ4v) is 3.09. The lowest BCUT2D eigenvalue weighted by Crippen LogP contribution is -2.25. The first-order chi connectivity index (χ1) is 11.0. The molecule has 1 N–H and O–H groups in total. The van der Waals surface area contributed by atoms with E-state index in [1.165, 1.54) is 27.5 Å². The van der Waals surface area contributed by atoms with Crippen molar-refractivity contribution >= 4 is 27.9 Å². The van der Waals surface area contributed by atoms with Crippen molar-refractivity contribution in [2.45, 2.75) is 26.7 Å². The zero-order valence-corrected chi connectivity index (χ0v) is 14.0. The first-order valence-electron chi connectivity index (χ1n) is 7.35. The highest BCUT2D eigenvalue weighted by molar-refractivity contribution is 7.16. The van der Waals surface area contributed by atoms with Gasteiger partial charge in [0.25, 0.3) is 11.5 Å². The second kappa shape index (κ2) is 5.96. The van der Waals surface area contributed by atoms with E-state index in [1.54, 1.807) is 6.20 Å². The molecule has 5 nitrogen and oxygen atoms in total. The van der Waals surface area contributed by atoms with Crippen molar-refractivity contribution in [1.29, 1.82) is 0 Å². The van der Waals surface area contributed by atoms with Crippen LogP contribution in [0.1, 0.15) is 40.6 Å². The van der Waals surface area contributed by atoms with Crippen LogP contribution in [-0.4, -0.2) is 15.3 Å². The summed E-state index contributed by atoms with van der Waals surface area (Å²) >= 11 is 1.42. The number of aryl methyl sites for hydroxylation is 1. The fraction of sp³-hybridized carbons (Fsp3) is 0.235. The van der Waals surface area contributed by atoms with Gasteiger partial charge in [-0.15, -0.1) is 11.3 Å². The average Bonchev–Trinajstić information content (AvgIpc) is 2.89. The smallest absolute Gasteiger partial charge is 0.271 e. The van der Waals surface area contributed by atoms with Crippen molar-refractivity contribution in [2.24, 2.45) is 0 Å². The molecule has 3 aromatic rings. The molecular formula is C17H17N3O2S. The highest BCUT2D eigenvalue weighted by atomic mass is 32.1. The molecule has 1 amide bonds. The first kappa shape index (κ1) is 15.4. The molecule has 0 unspecified atom stereocenters. The summed E-state index contributed by atoms with van der Waals surface area (Å²) in [6.07, 6.45) is 3.04. The topological polar surface area (TPSA) is 63.5 Å². The zero-order chi connectivity index (χ0) is 16.6. The molecule has 2 aromatic heterocycles. The number of aromatic nitrogens is 2. The Morgan fingerprint density at radius 2 is 1.96 bits per heavy atom. The lowest BCUT2D eigenvalue weighted by Gasteiger charge is -2.08. The minimum atomic E-state index is -0.446. The van der Waals surface area contributed by atoms with Crippen molar-refractivity contribution < 1.29 is 4.79 Å². The molecule has 0 bridgehead atoms. The van der Waals surface area contributed by atoms with E-state index in [0.717, 1.165) is 4.88 Å². The summed E-state index contributed by atoms with van der Waals surface area (Å²) in [6, 6.07) is 7.62. The first-order valence-corrected chi connectivity index (χ1v) is 8.16. The Hall–Kier alpha value is -2.47. The molecule has 0 saturated heterocycles. The van der Waals surface area contributed by atoms with Crippen LogP contribution in [0.2, 0.25) is 0 Å². The predicted octanol–water partition coefficient (Wildman–Crippen LogP) is 3.44. The van der Waals surface area contributed by atoms with E-state index in [-0.39, 0.29) is 11.1 Å². The summed E-state index contributed by atoms with van der Waals surface area (Å²) < 4.78 is 1.41. The van der Waals surface area contributed by atoms with Crippen LogP contribution in [0.3, 0.4) is 0 Å². The lowest BCUT2D eigenvalue weighted by atomic mass is 10.0. The highest BCUT2D eigenvalue weighted by Crippen LogP contribution is 2.18. The van der Waals surface area contributed by atoms with Crippen molar-refractivity contribution in [2.75, 3.05) is 5.32 Å². The van der Waals surface area contributed by atoms with Gasteiger partial charge in [0.05, 0.1) is 0 Å². The largest absolute Gasteiger partial charge is 0.322 e. The number of rotatable bonds is 3. The van der Waals surface area contributed by atoms with Gasteiger partial charge in [0.2, 0.25) is 0 Å². The number of nitrogens with one attached hydrogen (secondary N) is 1. The molecule has 0 saturated carbocycles. The quantitative estimate of drug-likeness (QED) is 0.801. The maximum absolute atomic E-state index is 12.4. The number of hydrogen-bond acceptors (Lipinski definition) is 4. The van der Waals surface area contributed by atoms with Crippen LogP contribution in [0.15, 0.2) is 41.5 Å². The molecule has 6 heteroatoms. The molecule has 0 aliphatic rings. The average molecular weight is 327 g/mol. The molecule has 0 aliphatic carbocycles. The zero-order valence-electron chi connectivity index (χ0n) is 13.2. The van der Waals surface area contributed by atoms with Crippen LogP contribution in [0, 0.1) is 6.92 Å². The number of carbonyl (C=O) groups is 1. The summed E-state index contributed by atoms with van der Waals surface area (Å²) in [5, 5.41) is 2.75. The van der Waals surface area contributed by atoms with Crippen LogP contribution in [0.5, 0.6) is 0 Å². The second-order valence-electron chi connectivity index (χ2n) is 5.70. The Balaban J connectivity index is 1.88. The van der Waals surface area contributed by atoms with Gasteiger partial charge in [-0.25, -0.2) is 4.98 Å². The third-order valence-electron chi connectivity index (χ3n) is 3.60. The van der Waals surface area contributed by atoms with Gasteiger partial charge in [0.15, 0.2) is 4.96 Å². The maximum Gasteiger partial charge on any atom is 0.271 e. The summed E-state index contributed by atoms with van der Waals surface area (Å²) in [4.78, 5) is 30.5. The number of fused-ring (bicyclic) bond motifs is 1. The Morgan fingerprint density at radius 1 is 1.26 bits per heavy atom. The van der Waals surface area contributed by atoms with Crippen LogP contribution < -0.4 is 10.9 Å². The Bertz CT molecular complexity index is 923. The normalized spacial score (nSPS) is 11.1. The van der Waals surface area contributed by atoms with Gasteiger partial charge >= 0.3 is 0 Å². The molecule has 23 heavy (non-hydrogen) atoms. The molecule has 0 spiro atoms. The Labute approximate surface area is 137 Å². The second-order valence-corrected chi connectivity index (χ2v) is 6.92. The Kier molecular flexibility index (Phi) is 4.00. The molecule has 0 aliphatic heterocycles. The fourth-order valence-electron chi connectivity index (χ4n) is 2.30. The van der Waals surface area contributed by atoms with Crippen LogP contribution in [0.25, 0.3) is 4.96 Å². The van der Waals surface area contributed by atoms with Crippen molar-refractivity contribution in [1.82, 2.24) is 9.38 Å². The van der Waals surface area contributed by atoms with Gasteiger partial charge in [-0.2, -0.15) is 0 Å². The molecular weight excluding hydrogens is 310 g/mol. The molecule has 2 heterocycles. The van der Waals surface area contributed by atoms with Crippen molar-refractivity contribution in [3.8, 4) is 0 Å². The van der Waals surface area contributed by atoms with Gasteiger partial charge in [-0.1, -0.05) is 26.0 Å². The highest BCUT2D eigenvalue weighted by Gasteiger charge is 2.14. The minimum absolute atomic E-state index is 0.0354. The molecule has 118 valence electrons. The summed E-state index contributed by atoms with van der Waals surface area (Å²) in [5.74, 6) is -0.0177. The maximum atomic E-state index is 12.4. The van der Waals surface area contributed by atoms with E-state index < -0.39 is 5.91 Å². The number of benzene rings is 1. The molecule has 0 radical (unpaired) electrons. The molecule has 0 atom stereocenters. The number of thiazole rings is 1. The van der Waals surface area contributed by atoms with Gasteiger partial charge in [-0.05, 0) is 30.5 Å². The van der Waals surface area contributed by atoms with Crippen LogP contribution >= 0.6 is 11.3 Å². The van der Waals surface area contributed by atoms with Gasteiger partial charge in [0.1, 0.15) is 5.56 Å². The van der Waals surface area contributed by atoms with Crippen molar-refractivity contribution in [3.05, 3.63) is 63.0 Å². The third kappa shape index (κ3) is 3.03. The van der Waals surface area contributed by atoms with Gasteiger partial charge in [-0.3, -0.25) is 14.0 Å². The van der Waals surface area contributed by atoms with Gasteiger partial charge < -0.3 is 5.32 Å². The van der Waals surface area contributed by atoms with E-state index >= 15 is 0 Å². The Morgan fingerprint density at radius 3 is 2.61 bits per heavy atom. The molecule has 3 rings (SSSR count).